The number of nitrogens with one attached hydrogen (secondary N) is 2. The van der Waals surface area contributed by atoms with Crippen LogP contribution in [0.25, 0.3) is 0 Å². The van der Waals surface area contributed by atoms with Gasteiger partial charge >= 0.3 is 0 Å². The van der Waals surface area contributed by atoms with Crippen LogP contribution in [0, 0.1) is 0 Å². The molecule has 7 nitrogen and oxygen atoms in total. The number of amides is 1. The van der Waals surface area contributed by atoms with Crippen molar-refractivity contribution in [3.63, 3.8) is 0 Å². The maximum absolute atomic E-state index is 11.8. The SMILES string of the molecule is CCc1nc(C(=O)Nc2ncnc(Cl)c2Cl)n[nH]1. The van der Waals surface area contributed by atoms with Crippen LogP contribution in [0.5, 0.6) is 0 Å². The van der Waals surface area contributed by atoms with Gasteiger partial charge in [-0.3, -0.25) is 9.89 Å². The van der Waals surface area contributed by atoms with Crippen LogP contribution in [0.3, 0.4) is 0 Å². The Morgan fingerprint density at radius 1 is 1.44 bits per heavy atom. The lowest BCUT2D eigenvalue weighted by molar-refractivity contribution is 0.101. The van der Waals surface area contributed by atoms with Gasteiger partial charge in [0.25, 0.3) is 5.91 Å². The predicted octanol–water partition coefficient (Wildman–Crippen LogP) is 1.72. The van der Waals surface area contributed by atoms with Crippen molar-refractivity contribution in [2.45, 2.75) is 13.3 Å². The molecule has 0 spiro atoms. The Bertz CT molecular complexity index is 584. The third-order valence-electron chi connectivity index (χ3n) is 2.05. The topological polar surface area (TPSA) is 96.5 Å². The van der Waals surface area contributed by atoms with E-state index in [2.05, 4.69) is 30.5 Å². The van der Waals surface area contributed by atoms with Crippen LogP contribution >= 0.6 is 23.2 Å². The highest BCUT2D eigenvalue weighted by Crippen LogP contribution is 2.25. The number of rotatable bonds is 3. The van der Waals surface area contributed by atoms with E-state index in [9.17, 15) is 4.79 Å². The van der Waals surface area contributed by atoms with E-state index in [4.69, 9.17) is 23.2 Å². The summed E-state index contributed by atoms with van der Waals surface area (Å²) < 4.78 is 0. The largest absolute Gasteiger partial charge is 0.302 e. The zero-order chi connectivity index (χ0) is 13.1. The number of hydrogen-bond donors (Lipinski definition) is 2. The number of aromatic nitrogens is 5. The van der Waals surface area contributed by atoms with Crippen molar-refractivity contribution in [1.29, 1.82) is 0 Å². The first-order valence-corrected chi connectivity index (χ1v) is 5.76. The van der Waals surface area contributed by atoms with Gasteiger partial charge in [-0.05, 0) is 0 Å². The Morgan fingerprint density at radius 2 is 2.22 bits per heavy atom. The van der Waals surface area contributed by atoms with Crippen LogP contribution in [-0.4, -0.2) is 31.1 Å². The van der Waals surface area contributed by atoms with Gasteiger partial charge in [0.15, 0.2) is 11.0 Å². The first kappa shape index (κ1) is 12.7. The van der Waals surface area contributed by atoms with E-state index in [1.165, 1.54) is 6.33 Å². The number of carbonyl (C=O) groups is 1. The van der Waals surface area contributed by atoms with Gasteiger partial charge in [0.1, 0.15) is 17.2 Å². The Kier molecular flexibility index (Phi) is 3.73. The number of nitrogens with zero attached hydrogens (tertiary/aromatic N) is 4. The minimum Gasteiger partial charge on any atom is -0.302 e. The van der Waals surface area contributed by atoms with E-state index in [1.807, 2.05) is 6.92 Å². The molecule has 18 heavy (non-hydrogen) atoms. The second-order valence-electron chi connectivity index (χ2n) is 3.24. The normalized spacial score (nSPS) is 10.4. The first-order valence-electron chi connectivity index (χ1n) is 5.00. The summed E-state index contributed by atoms with van der Waals surface area (Å²) in [7, 11) is 0. The zero-order valence-corrected chi connectivity index (χ0v) is 10.7. The fourth-order valence-electron chi connectivity index (χ4n) is 1.15. The highest BCUT2D eigenvalue weighted by Gasteiger charge is 2.15. The van der Waals surface area contributed by atoms with E-state index >= 15 is 0 Å². The van der Waals surface area contributed by atoms with E-state index in [-0.39, 0.29) is 21.8 Å². The van der Waals surface area contributed by atoms with E-state index < -0.39 is 5.91 Å². The van der Waals surface area contributed by atoms with Gasteiger partial charge in [-0.25, -0.2) is 15.0 Å². The smallest absolute Gasteiger partial charge is 0.296 e. The van der Waals surface area contributed by atoms with Crippen molar-refractivity contribution in [3.05, 3.63) is 28.2 Å². The van der Waals surface area contributed by atoms with Gasteiger partial charge in [-0.2, -0.15) is 0 Å². The van der Waals surface area contributed by atoms with E-state index in [0.29, 0.717) is 12.2 Å². The molecule has 94 valence electrons. The maximum atomic E-state index is 11.8. The first-order chi connectivity index (χ1) is 8.61. The summed E-state index contributed by atoms with van der Waals surface area (Å²) in [4.78, 5) is 23.2. The van der Waals surface area contributed by atoms with Gasteiger partial charge in [-0.15, -0.1) is 5.10 Å². The molecule has 2 N–H and O–H groups in total. The summed E-state index contributed by atoms with van der Waals surface area (Å²) in [5.74, 6) is 0.219. The maximum Gasteiger partial charge on any atom is 0.296 e. The summed E-state index contributed by atoms with van der Waals surface area (Å²) in [5.41, 5.74) is 0. The lowest BCUT2D eigenvalue weighted by atomic mass is 10.4. The molecule has 0 unspecified atom stereocenters. The summed E-state index contributed by atoms with van der Waals surface area (Å²) in [5, 5.41) is 8.98. The minimum absolute atomic E-state index is 0.0117. The standard InChI is InChI=1S/C9H8Cl2N6O/c1-2-4-14-8(17-16-4)9(18)15-7-5(10)6(11)12-3-13-7/h3H,2H2,1H3,(H,14,16,17)(H,12,13,15,18). The molecule has 9 heteroatoms. The predicted molar refractivity (Wildman–Crippen MR) is 65.8 cm³/mol. The molecule has 0 fully saturated rings. The zero-order valence-electron chi connectivity index (χ0n) is 9.24. The average molecular weight is 287 g/mol. The third kappa shape index (κ3) is 2.57. The van der Waals surface area contributed by atoms with Crippen molar-refractivity contribution < 1.29 is 4.79 Å². The second kappa shape index (κ2) is 5.28. The molecule has 2 heterocycles. The van der Waals surface area contributed by atoms with Crippen LogP contribution in [0.1, 0.15) is 23.4 Å². The molecule has 0 atom stereocenters. The van der Waals surface area contributed by atoms with Crippen molar-refractivity contribution in [1.82, 2.24) is 25.1 Å². The van der Waals surface area contributed by atoms with Gasteiger partial charge in [-0.1, -0.05) is 30.1 Å². The van der Waals surface area contributed by atoms with E-state index in [0.717, 1.165) is 0 Å². The highest BCUT2D eigenvalue weighted by molar-refractivity contribution is 6.43. The van der Waals surface area contributed by atoms with Crippen molar-refractivity contribution in [2.24, 2.45) is 0 Å². The molecule has 2 aromatic rings. The molecular weight excluding hydrogens is 279 g/mol. The van der Waals surface area contributed by atoms with Gasteiger partial charge in [0, 0.05) is 6.42 Å². The molecule has 0 saturated carbocycles. The molecule has 2 aromatic heterocycles. The van der Waals surface area contributed by atoms with Crippen LogP contribution in [0.15, 0.2) is 6.33 Å². The van der Waals surface area contributed by atoms with Gasteiger partial charge in [0.2, 0.25) is 5.82 Å². The van der Waals surface area contributed by atoms with E-state index in [1.54, 1.807) is 0 Å². The van der Waals surface area contributed by atoms with Crippen LogP contribution in [0.4, 0.5) is 5.82 Å². The van der Waals surface area contributed by atoms with Crippen LogP contribution in [0.2, 0.25) is 10.2 Å². The van der Waals surface area contributed by atoms with Gasteiger partial charge in [0.05, 0.1) is 0 Å². The van der Waals surface area contributed by atoms with Crippen molar-refractivity contribution in [2.75, 3.05) is 5.32 Å². The Balaban J connectivity index is 2.18. The van der Waals surface area contributed by atoms with Gasteiger partial charge < -0.3 is 5.32 Å². The second-order valence-corrected chi connectivity index (χ2v) is 3.98. The van der Waals surface area contributed by atoms with Crippen molar-refractivity contribution >= 4 is 34.9 Å². The lowest BCUT2D eigenvalue weighted by Gasteiger charge is -2.03. The molecule has 2 rings (SSSR count). The Hall–Kier alpha value is -1.73. The number of aromatic amines is 1. The average Bonchev–Trinajstić information content (AvgIpc) is 2.83. The molecule has 0 radical (unpaired) electrons. The highest BCUT2D eigenvalue weighted by atomic mass is 35.5. The van der Waals surface area contributed by atoms with Crippen LogP contribution < -0.4 is 5.32 Å². The Labute approximate surface area is 112 Å². The summed E-state index contributed by atoms with van der Waals surface area (Å²) >= 11 is 11.5. The Morgan fingerprint density at radius 3 is 2.89 bits per heavy atom. The fourth-order valence-corrected chi connectivity index (χ4v) is 1.43. The molecule has 0 aliphatic carbocycles. The molecule has 0 aromatic carbocycles. The van der Waals surface area contributed by atoms with Crippen molar-refractivity contribution in [3.8, 4) is 0 Å². The number of anilines is 1. The minimum atomic E-state index is -0.525. The molecule has 1 amide bonds. The molecule has 0 aliphatic heterocycles. The molecular formula is C9H8Cl2N6O. The molecule has 0 saturated heterocycles. The summed E-state index contributed by atoms with van der Waals surface area (Å²) in [6, 6.07) is 0. The molecule has 0 bridgehead atoms. The molecule has 0 aliphatic rings. The summed E-state index contributed by atoms with van der Waals surface area (Å²) in [6.45, 7) is 1.89. The fraction of sp³-hybridized carbons (Fsp3) is 0.222. The third-order valence-corrected chi connectivity index (χ3v) is 2.79. The monoisotopic (exact) mass is 286 g/mol. The quantitative estimate of drug-likeness (QED) is 0.838. The number of H-pyrrole nitrogens is 1. The number of halogens is 2. The van der Waals surface area contributed by atoms with Crippen LogP contribution in [-0.2, 0) is 6.42 Å². The number of hydrogen-bond acceptors (Lipinski definition) is 5. The number of carbonyl (C=O) groups excluding carboxylic acids is 1. The lowest BCUT2D eigenvalue weighted by Crippen LogP contribution is -2.15. The summed E-state index contributed by atoms with van der Waals surface area (Å²) in [6.07, 6.45) is 1.85. The number of aryl methyl sites for hydroxylation is 1.